The van der Waals surface area contributed by atoms with Gasteiger partial charge in [-0.2, -0.15) is 0 Å². The molecule has 0 saturated carbocycles. The van der Waals surface area contributed by atoms with Gasteiger partial charge in [0, 0.05) is 11.6 Å². The molecule has 0 radical (unpaired) electrons. The number of halogens is 1. The molecule has 2 aromatic carbocycles. The van der Waals surface area contributed by atoms with Gasteiger partial charge in [-0.3, -0.25) is 9.52 Å². The number of benzene rings is 2. The van der Waals surface area contributed by atoms with Crippen molar-refractivity contribution < 1.29 is 17.9 Å². The van der Waals surface area contributed by atoms with Gasteiger partial charge in [-0.25, -0.2) is 8.42 Å². The molecule has 0 aliphatic heterocycles. The van der Waals surface area contributed by atoms with Gasteiger partial charge >= 0.3 is 0 Å². The van der Waals surface area contributed by atoms with Crippen LogP contribution in [0.5, 0.6) is 5.75 Å². The molecule has 2 rings (SSSR count). The molecule has 0 bridgehead atoms. The number of ether oxygens (including phenoxy) is 1. The summed E-state index contributed by atoms with van der Waals surface area (Å²) in [6.45, 7) is 6.28. The van der Waals surface area contributed by atoms with Crippen molar-refractivity contribution in [3.8, 4) is 5.75 Å². The van der Waals surface area contributed by atoms with Crippen molar-refractivity contribution in [2.24, 2.45) is 5.92 Å². The third-order valence-corrected chi connectivity index (χ3v) is 5.44. The zero-order chi connectivity index (χ0) is 20.0. The Balaban J connectivity index is 1.98. The molecule has 0 spiro atoms. The maximum atomic E-state index is 12.5. The summed E-state index contributed by atoms with van der Waals surface area (Å²) in [6.07, 6.45) is 0. The van der Waals surface area contributed by atoms with E-state index in [1.165, 1.54) is 24.3 Å². The highest BCUT2D eigenvalue weighted by Crippen LogP contribution is 2.23. The fraction of sp³-hybridized carbons (Fsp3) is 0.316. The molecule has 27 heavy (non-hydrogen) atoms. The van der Waals surface area contributed by atoms with Crippen LogP contribution in [0, 0.1) is 12.8 Å². The summed E-state index contributed by atoms with van der Waals surface area (Å²) in [4.78, 5) is 11.7. The van der Waals surface area contributed by atoms with Crippen LogP contribution in [0.15, 0.2) is 47.4 Å². The van der Waals surface area contributed by atoms with Crippen molar-refractivity contribution in [2.45, 2.75) is 25.7 Å². The van der Waals surface area contributed by atoms with Crippen LogP contribution in [0.4, 0.5) is 5.69 Å². The number of aryl methyl sites for hydroxylation is 1. The number of rotatable bonds is 8. The van der Waals surface area contributed by atoms with Crippen LogP contribution in [0.2, 0.25) is 5.02 Å². The lowest BCUT2D eigenvalue weighted by atomic mass is 10.2. The van der Waals surface area contributed by atoms with E-state index in [1.807, 2.05) is 20.8 Å². The van der Waals surface area contributed by atoms with Crippen molar-refractivity contribution in [1.82, 2.24) is 5.32 Å². The van der Waals surface area contributed by atoms with Crippen LogP contribution in [0.25, 0.3) is 0 Å². The summed E-state index contributed by atoms with van der Waals surface area (Å²) in [5, 5.41) is 3.22. The second kappa shape index (κ2) is 9.10. The molecule has 0 unspecified atom stereocenters. The molecule has 146 valence electrons. The van der Waals surface area contributed by atoms with Gasteiger partial charge in [-0.15, -0.1) is 0 Å². The van der Waals surface area contributed by atoms with Gasteiger partial charge in [0.05, 0.1) is 10.6 Å². The summed E-state index contributed by atoms with van der Waals surface area (Å²) in [5.41, 5.74) is 1.24. The molecule has 0 saturated heterocycles. The molecule has 0 fully saturated rings. The number of hydrogen-bond acceptors (Lipinski definition) is 4. The topological polar surface area (TPSA) is 84.5 Å². The molecule has 0 aromatic heterocycles. The van der Waals surface area contributed by atoms with Crippen molar-refractivity contribution in [2.75, 3.05) is 17.9 Å². The molecule has 1 amide bonds. The maximum Gasteiger partial charge on any atom is 0.261 e. The molecule has 2 N–H and O–H groups in total. The minimum atomic E-state index is -3.75. The minimum Gasteiger partial charge on any atom is -0.484 e. The summed E-state index contributed by atoms with van der Waals surface area (Å²) < 4.78 is 32.8. The molecule has 2 aromatic rings. The predicted octanol–water partition coefficient (Wildman–Crippen LogP) is 3.60. The number of carbonyl (C=O) groups is 1. The molecule has 0 atom stereocenters. The second-order valence-corrected chi connectivity index (χ2v) is 8.62. The zero-order valence-electron chi connectivity index (χ0n) is 15.5. The lowest BCUT2D eigenvalue weighted by Gasteiger charge is -2.11. The number of sulfonamides is 1. The molecule has 0 aliphatic carbocycles. The Labute approximate surface area is 164 Å². The van der Waals surface area contributed by atoms with Gasteiger partial charge < -0.3 is 10.1 Å². The van der Waals surface area contributed by atoms with Gasteiger partial charge in [0.1, 0.15) is 5.75 Å². The highest BCUT2D eigenvalue weighted by Gasteiger charge is 2.15. The number of anilines is 1. The van der Waals surface area contributed by atoms with E-state index >= 15 is 0 Å². The molecular formula is C19H23ClN2O4S. The third-order valence-electron chi connectivity index (χ3n) is 3.64. The van der Waals surface area contributed by atoms with Gasteiger partial charge in [-0.05, 0) is 54.8 Å². The van der Waals surface area contributed by atoms with Crippen LogP contribution < -0.4 is 14.8 Å². The number of amides is 1. The first-order chi connectivity index (χ1) is 12.7. The maximum absolute atomic E-state index is 12.5. The van der Waals surface area contributed by atoms with E-state index < -0.39 is 10.0 Å². The zero-order valence-corrected chi connectivity index (χ0v) is 17.0. The number of hydrogen-bond donors (Lipinski definition) is 2. The van der Waals surface area contributed by atoms with Crippen LogP contribution >= 0.6 is 11.6 Å². The molecule has 6 nitrogen and oxygen atoms in total. The third kappa shape index (κ3) is 6.45. The van der Waals surface area contributed by atoms with Crippen molar-refractivity contribution in [3.05, 3.63) is 53.1 Å². The Morgan fingerprint density at radius 3 is 2.41 bits per heavy atom. The van der Waals surface area contributed by atoms with E-state index in [-0.39, 0.29) is 17.4 Å². The van der Waals surface area contributed by atoms with Gasteiger partial charge in [0.25, 0.3) is 15.9 Å². The fourth-order valence-electron chi connectivity index (χ4n) is 2.10. The normalized spacial score (nSPS) is 11.3. The Bertz CT molecular complexity index is 896. The van der Waals surface area contributed by atoms with Crippen molar-refractivity contribution in [3.63, 3.8) is 0 Å². The van der Waals surface area contributed by atoms with Crippen molar-refractivity contribution in [1.29, 1.82) is 0 Å². The van der Waals surface area contributed by atoms with Crippen molar-refractivity contribution >= 4 is 33.2 Å². The lowest BCUT2D eigenvalue weighted by molar-refractivity contribution is -0.123. The molecule has 8 heteroatoms. The summed E-state index contributed by atoms with van der Waals surface area (Å²) in [6, 6.07) is 10.8. The van der Waals surface area contributed by atoms with E-state index in [0.29, 0.717) is 28.9 Å². The largest absolute Gasteiger partial charge is 0.484 e. The highest BCUT2D eigenvalue weighted by molar-refractivity contribution is 7.92. The van der Waals surface area contributed by atoms with Crippen LogP contribution in [0.3, 0.4) is 0 Å². The van der Waals surface area contributed by atoms with Crippen LogP contribution in [-0.2, 0) is 14.8 Å². The quantitative estimate of drug-likeness (QED) is 0.696. The van der Waals surface area contributed by atoms with E-state index in [4.69, 9.17) is 16.3 Å². The van der Waals surface area contributed by atoms with E-state index in [1.54, 1.807) is 18.2 Å². The fourth-order valence-corrected chi connectivity index (χ4v) is 3.33. The Hall–Kier alpha value is -2.25. The first-order valence-electron chi connectivity index (χ1n) is 8.46. The van der Waals surface area contributed by atoms with Gasteiger partial charge in [-0.1, -0.05) is 31.5 Å². The van der Waals surface area contributed by atoms with Gasteiger partial charge in [0.2, 0.25) is 0 Å². The predicted molar refractivity (Wildman–Crippen MR) is 107 cm³/mol. The first kappa shape index (κ1) is 21.1. The van der Waals surface area contributed by atoms with E-state index in [9.17, 15) is 13.2 Å². The average Bonchev–Trinajstić information content (AvgIpc) is 2.61. The Kier molecular flexibility index (Phi) is 7.10. The monoisotopic (exact) mass is 410 g/mol. The summed E-state index contributed by atoms with van der Waals surface area (Å²) in [7, 11) is -3.75. The lowest BCUT2D eigenvalue weighted by Crippen LogP contribution is -2.31. The smallest absolute Gasteiger partial charge is 0.261 e. The summed E-state index contributed by atoms with van der Waals surface area (Å²) >= 11 is 6.03. The van der Waals surface area contributed by atoms with Gasteiger partial charge in [0.15, 0.2) is 6.61 Å². The standard InChI is InChI=1S/C19H23ClN2O4S/c1-13(2)11-21-19(23)12-26-16-6-8-17(9-7-16)27(24,25)22-15-5-4-14(3)18(20)10-15/h4-10,13,22H,11-12H2,1-3H3,(H,21,23). The minimum absolute atomic E-state index is 0.0795. The molecular weight excluding hydrogens is 388 g/mol. The number of nitrogens with one attached hydrogen (secondary N) is 2. The second-order valence-electron chi connectivity index (χ2n) is 6.53. The van der Waals surface area contributed by atoms with E-state index in [0.717, 1.165) is 5.56 Å². The summed E-state index contributed by atoms with van der Waals surface area (Å²) in [5.74, 6) is 0.541. The Morgan fingerprint density at radius 1 is 1.15 bits per heavy atom. The molecule has 0 heterocycles. The highest BCUT2D eigenvalue weighted by atomic mass is 35.5. The molecule has 0 aliphatic rings. The van der Waals surface area contributed by atoms with Crippen LogP contribution in [0.1, 0.15) is 19.4 Å². The van der Waals surface area contributed by atoms with E-state index in [2.05, 4.69) is 10.0 Å². The SMILES string of the molecule is Cc1ccc(NS(=O)(=O)c2ccc(OCC(=O)NCC(C)C)cc2)cc1Cl. The first-order valence-corrected chi connectivity index (χ1v) is 10.3. The average molecular weight is 411 g/mol. The number of carbonyl (C=O) groups excluding carboxylic acids is 1. The Morgan fingerprint density at radius 2 is 1.81 bits per heavy atom. The van der Waals surface area contributed by atoms with Crippen LogP contribution in [-0.4, -0.2) is 27.5 Å².